The van der Waals surface area contributed by atoms with Crippen molar-refractivity contribution in [1.82, 2.24) is 0 Å². The van der Waals surface area contributed by atoms with Crippen molar-refractivity contribution < 1.29 is 14.8 Å². The molecule has 96 valence electrons. The molecular weight excluding hydrogens is 238 g/mol. The largest absolute Gasteiger partial charge is 0.393 e. The summed E-state index contributed by atoms with van der Waals surface area (Å²) in [6, 6.07) is 4.08. The van der Waals surface area contributed by atoms with Gasteiger partial charge in [0, 0.05) is 17.7 Å². The van der Waals surface area contributed by atoms with E-state index in [4.69, 9.17) is 10.8 Å². The highest BCUT2D eigenvalue weighted by molar-refractivity contribution is 5.94. The van der Waals surface area contributed by atoms with Crippen LogP contribution in [0.5, 0.6) is 0 Å². The molecule has 0 heterocycles. The number of benzene rings is 1. The van der Waals surface area contributed by atoms with E-state index < -0.39 is 10.8 Å². The molecule has 0 saturated heterocycles. The van der Waals surface area contributed by atoms with Gasteiger partial charge in [-0.25, -0.2) is 0 Å². The summed E-state index contributed by atoms with van der Waals surface area (Å²) in [5.41, 5.74) is 5.32. The summed E-state index contributed by atoms with van der Waals surface area (Å²) in [7, 11) is 0. The Balaban J connectivity index is 2.23. The second kappa shape index (κ2) is 4.61. The van der Waals surface area contributed by atoms with Crippen LogP contribution < -0.4 is 11.1 Å². The van der Waals surface area contributed by atoms with Crippen LogP contribution in [0.2, 0.25) is 0 Å². The highest BCUT2D eigenvalue weighted by Crippen LogP contribution is 2.30. The van der Waals surface area contributed by atoms with E-state index in [9.17, 15) is 14.9 Å². The maximum atomic E-state index is 11.0. The van der Waals surface area contributed by atoms with Crippen LogP contribution in [0.1, 0.15) is 23.2 Å². The molecule has 7 nitrogen and oxygen atoms in total. The minimum absolute atomic E-state index is 0.0260. The predicted octanol–water partition coefficient (Wildman–Crippen LogP) is 0.629. The molecule has 0 aromatic heterocycles. The molecule has 0 aliphatic heterocycles. The van der Waals surface area contributed by atoms with E-state index in [2.05, 4.69) is 5.32 Å². The number of anilines is 1. The second-order valence-corrected chi connectivity index (χ2v) is 4.32. The summed E-state index contributed by atoms with van der Waals surface area (Å²) in [4.78, 5) is 21.3. The Kier molecular flexibility index (Phi) is 3.15. The predicted molar refractivity (Wildman–Crippen MR) is 64.3 cm³/mol. The van der Waals surface area contributed by atoms with Gasteiger partial charge in [-0.2, -0.15) is 0 Å². The minimum Gasteiger partial charge on any atom is -0.393 e. The summed E-state index contributed by atoms with van der Waals surface area (Å²) >= 11 is 0. The Bertz CT molecular complexity index is 497. The monoisotopic (exact) mass is 251 g/mol. The third-order valence-corrected chi connectivity index (χ3v) is 2.95. The first-order chi connectivity index (χ1) is 8.47. The number of nitrogens with one attached hydrogen (secondary N) is 1. The molecule has 7 heteroatoms. The van der Waals surface area contributed by atoms with Crippen LogP contribution in [-0.2, 0) is 0 Å². The number of nitrogens with zero attached hydrogens (tertiary/aromatic N) is 1. The number of carbonyl (C=O) groups excluding carboxylic acids is 1. The lowest BCUT2D eigenvalue weighted by molar-refractivity contribution is -0.384. The lowest BCUT2D eigenvalue weighted by Crippen LogP contribution is -2.39. The topological polar surface area (TPSA) is 118 Å². The van der Waals surface area contributed by atoms with Gasteiger partial charge in [0.1, 0.15) is 5.69 Å². The van der Waals surface area contributed by atoms with Crippen molar-refractivity contribution in [2.24, 2.45) is 5.73 Å². The number of nitro benzene ring substituents is 1. The van der Waals surface area contributed by atoms with E-state index in [-0.39, 0.29) is 23.4 Å². The highest BCUT2D eigenvalue weighted by Gasteiger charge is 2.29. The van der Waals surface area contributed by atoms with Gasteiger partial charge in [0.05, 0.1) is 11.0 Å². The standard InChI is InChI=1S/C11H13N3O4/c12-11(16)6-1-2-9(10(3-6)14(17)18)13-7-4-8(15)5-7/h1-3,7-8,13,15H,4-5H2,(H2,12,16). The Morgan fingerprint density at radius 3 is 2.67 bits per heavy atom. The van der Waals surface area contributed by atoms with E-state index in [1.807, 2.05) is 0 Å². The van der Waals surface area contributed by atoms with Gasteiger partial charge in [0.15, 0.2) is 0 Å². The fourth-order valence-corrected chi connectivity index (χ4v) is 1.88. The van der Waals surface area contributed by atoms with Gasteiger partial charge in [-0.1, -0.05) is 0 Å². The summed E-state index contributed by atoms with van der Waals surface area (Å²) in [6.45, 7) is 0. The molecule has 1 aromatic carbocycles. The maximum absolute atomic E-state index is 11.0. The van der Waals surface area contributed by atoms with Crippen molar-refractivity contribution in [2.75, 3.05) is 5.32 Å². The van der Waals surface area contributed by atoms with E-state index in [0.29, 0.717) is 18.5 Å². The highest BCUT2D eigenvalue weighted by atomic mass is 16.6. The van der Waals surface area contributed by atoms with Crippen LogP contribution in [0.25, 0.3) is 0 Å². The minimum atomic E-state index is -0.705. The Labute approximate surface area is 103 Å². The number of hydrogen-bond acceptors (Lipinski definition) is 5. The fourth-order valence-electron chi connectivity index (χ4n) is 1.88. The summed E-state index contributed by atoms with van der Waals surface area (Å²) in [5.74, 6) is -0.705. The van der Waals surface area contributed by atoms with Crippen LogP contribution in [-0.4, -0.2) is 28.1 Å². The maximum Gasteiger partial charge on any atom is 0.293 e. The molecule has 1 aromatic rings. The Morgan fingerprint density at radius 1 is 1.50 bits per heavy atom. The summed E-state index contributed by atoms with van der Waals surface area (Å²) in [5, 5.41) is 23.0. The van der Waals surface area contributed by atoms with Gasteiger partial charge in [0.25, 0.3) is 5.69 Å². The average molecular weight is 251 g/mol. The zero-order chi connectivity index (χ0) is 13.3. The van der Waals surface area contributed by atoms with Gasteiger partial charge >= 0.3 is 0 Å². The second-order valence-electron chi connectivity index (χ2n) is 4.32. The smallest absolute Gasteiger partial charge is 0.293 e. The third kappa shape index (κ3) is 2.40. The van der Waals surface area contributed by atoms with Gasteiger partial charge in [-0.15, -0.1) is 0 Å². The van der Waals surface area contributed by atoms with Crippen molar-refractivity contribution >= 4 is 17.3 Å². The first-order valence-corrected chi connectivity index (χ1v) is 5.50. The van der Waals surface area contributed by atoms with Crippen LogP contribution in [0.15, 0.2) is 18.2 Å². The van der Waals surface area contributed by atoms with Crippen molar-refractivity contribution in [3.8, 4) is 0 Å². The third-order valence-electron chi connectivity index (χ3n) is 2.95. The lowest BCUT2D eigenvalue weighted by Gasteiger charge is -2.32. The molecule has 2 rings (SSSR count). The number of hydrogen-bond donors (Lipinski definition) is 3. The van der Waals surface area contributed by atoms with E-state index in [1.165, 1.54) is 12.1 Å². The summed E-state index contributed by atoms with van der Waals surface area (Å²) in [6.07, 6.45) is 0.787. The molecule has 4 N–H and O–H groups in total. The molecule has 18 heavy (non-hydrogen) atoms. The molecule has 0 radical (unpaired) electrons. The Morgan fingerprint density at radius 2 is 2.17 bits per heavy atom. The van der Waals surface area contributed by atoms with Gasteiger partial charge in [-0.3, -0.25) is 14.9 Å². The normalized spacial score (nSPS) is 22.1. The van der Waals surface area contributed by atoms with Crippen LogP contribution >= 0.6 is 0 Å². The first kappa shape index (κ1) is 12.3. The van der Waals surface area contributed by atoms with Crippen LogP contribution in [0, 0.1) is 10.1 Å². The number of nitrogens with two attached hydrogens (primary N) is 1. The Hall–Kier alpha value is -2.15. The molecule has 1 amide bonds. The lowest BCUT2D eigenvalue weighted by atomic mass is 9.89. The molecule has 0 unspecified atom stereocenters. The zero-order valence-electron chi connectivity index (χ0n) is 9.50. The molecule has 1 saturated carbocycles. The van der Waals surface area contributed by atoms with E-state index in [0.717, 1.165) is 6.07 Å². The van der Waals surface area contributed by atoms with Crippen molar-refractivity contribution in [3.63, 3.8) is 0 Å². The van der Waals surface area contributed by atoms with Gasteiger partial charge in [0.2, 0.25) is 5.91 Å². The van der Waals surface area contributed by atoms with Crippen LogP contribution in [0.4, 0.5) is 11.4 Å². The average Bonchev–Trinajstić information content (AvgIpc) is 2.26. The van der Waals surface area contributed by atoms with Crippen molar-refractivity contribution in [1.29, 1.82) is 0 Å². The number of primary amides is 1. The number of aliphatic hydroxyl groups is 1. The quantitative estimate of drug-likeness (QED) is 0.535. The molecule has 0 bridgehead atoms. The number of amides is 1. The zero-order valence-corrected chi connectivity index (χ0v) is 9.50. The van der Waals surface area contributed by atoms with Gasteiger partial charge < -0.3 is 16.2 Å². The molecule has 1 fully saturated rings. The van der Waals surface area contributed by atoms with E-state index in [1.54, 1.807) is 0 Å². The molecule has 0 spiro atoms. The number of aliphatic hydroxyl groups excluding tert-OH is 1. The molecular formula is C11H13N3O4. The molecule has 1 aliphatic carbocycles. The molecule has 0 atom stereocenters. The number of nitro groups is 1. The number of carbonyl (C=O) groups is 1. The number of rotatable bonds is 4. The SMILES string of the molecule is NC(=O)c1ccc(NC2CC(O)C2)c([N+](=O)[O-])c1. The first-order valence-electron chi connectivity index (χ1n) is 5.50. The van der Waals surface area contributed by atoms with Crippen molar-refractivity contribution in [2.45, 2.75) is 25.0 Å². The molecule has 1 aliphatic rings. The van der Waals surface area contributed by atoms with Gasteiger partial charge in [-0.05, 0) is 25.0 Å². The van der Waals surface area contributed by atoms with Crippen molar-refractivity contribution in [3.05, 3.63) is 33.9 Å². The van der Waals surface area contributed by atoms with Crippen LogP contribution in [0.3, 0.4) is 0 Å². The fraction of sp³-hybridized carbons (Fsp3) is 0.364. The summed E-state index contributed by atoms with van der Waals surface area (Å²) < 4.78 is 0. The van der Waals surface area contributed by atoms with E-state index >= 15 is 0 Å².